The Morgan fingerprint density at radius 1 is 1.75 bits per heavy atom. The summed E-state index contributed by atoms with van der Waals surface area (Å²) < 4.78 is 0. The summed E-state index contributed by atoms with van der Waals surface area (Å²) in [5.41, 5.74) is 5.71. The molecule has 0 spiro atoms. The fourth-order valence-electron chi connectivity index (χ4n) is 1.12. The van der Waals surface area contributed by atoms with Crippen molar-refractivity contribution in [2.45, 2.75) is 25.3 Å². The van der Waals surface area contributed by atoms with Crippen molar-refractivity contribution in [1.29, 1.82) is 5.26 Å². The van der Waals surface area contributed by atoms with Crippen LogP contribution in [-0.4, -0.2) is 18.5 Å². The molecule has 1 aliphatic carbocycles. The number of hydrogen-bond acceptors (Lipinski definition) is 3. The second-order valence-electron chi connectivity index (χ2n) is 3.14. The molecular weight excluding hydrogens is 154 g/mol. The van der Waals surface area contributed by atoms with E-state index in [0.717, 1.165) is 12.8 Å². The van der Waals surface area contributed by atoms with Crippen molar-refractivity contribution < 1.29 is 4.79 Å². The lowest BCUT2D eigenvalue weighted by atomic mass is 10.1. The van der Waals surface area contributed by atoms with Crippen molar-refractivity contribution in [3.8, 4) is 6.07 Å². The van der Waals surface area contributed by atoms with E-state index in [2.05, 4.69) is 5.32 Å². The quantitative estimate of drug-likeness (QED) is 0.567. The first kappa shape index (κ1) is 9.01. The maximum absolute atomic E-state index is 11.0. The number of amides is 1. The van der Waals surface area contributed by atoms with Gasteiger partial charge in [0.25, 0.3) is 0 Å². The van der Waals surface area contributed by atoms with Crippen LogP contribution in [0.15, 0.2) is 0 Å². The highest BCUT2D eigenvalue weighted by atomic mass is 16.1. The monoisotopic (exact) mass is 167 g/mol. The summed E-state index contributed by atoms with van der Waals surface area (Å²) in [5, 5.41) is 10.6. The van der Waals surface area contributed by atoms with Gasteiger partial charge in [0.05, 0.1) is 6.07 Å². The summed E-state index contributed by atoms with van der Waals surface area (Å²) in [6.45, 7) is 0.0796. The lowest BCUT2D eigenvalue weighted by Crippen LogP contribution is -2.33. The fourth-order valence-corrected chi connectivity index (χ4v) is 1.12. The molecular formula is C8H13N3O. The molecule has 1 unspecified atom stereocenters. The number of hydrogen-bond donors (Lipinski definition) is 2. The largest absolute Gasteiger partial charge is 0.343 e. The minimum absolute atomic E-state index is 0.0105. The number of nitrogens with one attached hydrogen (secondary N) is 1. The van der Waals surface area contributed by atoms with Crippen molar-refractivity contribution in [1.82, 2.24) is 5.32 Å². The van der Waals surface area contributed by atoms with E-state index >= 15 is 0 Å². The molecule has 1 rings (SSSR count). The molecule has 1 aliphatic rings. The van der Waals surface area contributed by atoms with Crippen LogP contribution in [0.25, 0.3) is 0 Å². The lowest BCUT2D eigenvalue weighted by Gasteiger charge is -2.08. The molecule has 0 aromatic carbocycles. The van der Waals surface area contributed by atoms with E-state index in [4.69, 9.17) is 11.0 Å². The van der Waals surface area contributed by atoms with E-state index in [1.807, 2.05) is 6.07 Å². The third kappa shape index (κ3) is 2.89. The molecule has 1 fully saturated rings. The third-order valence-electron chi connectivity index (χ3n) is 2.01. The molecule has 1 amide bonds. The number of nitrogens with zero attached hydrogens (tertiary/aromatic N) is 1. The summed E-state index contributed by atoms with van der Waals surface area (Å²) in [5.74, 6) is 0.425. The summed E-state index contributed by atoms with van der Waals surface area (Å²) in [6.07, 6.45) is 2.64. The van der Waals surface area contributed by atoms with Crippen molar-refractivity contribution in [2.75, 3.05) is 6.54 Å². The van der Waals surface area contributed by atoms with E-state index in [9.17, 15) is 4.79 Å². The van der Waals surface area contributed by atoms with Gasteiger partial charge in [0.15, 0.2) is 0 Å². The van der Waals surface area contributed by atoms with Crippen LogP contribution < -0.4 is 11.1 Å². The van der Waals surface area contributed by atoms with Crippen LogP contribution in [0.2, 0.25) is 0 Å². The molecule has 0 aliphatic heterocycles. The van der Waals surface area contributed by atoms with Gasteiger partial charge in [-0.25, -0.2) is 0 Å². The van der Waals surface area contributed by atoms with Gasteiger partial charge in [-0.3, -0.25) is 4.79 Å². The molecule has 1 atom stereocenters. The van der Waals surface area contributed by atoms with E-state index in [1.54, 1.807) is 0 Å². The second-order valence-corrected chi connectivity index (χ2v) is 3.14. The van der Waals surface area contributed by atoms with Crippen molar-refractivity contribution in [3.63, 3.8) is 0 Å². The Bertz CT molecular complexity index is 205. The standard InChI is InChI=1S/C8H13N3O/c9-3-4-11-8(12)5-7(10)6-1-2-6/h6-7H,1-2,4-5,10H2,(H,11,12). The van der Waals surface area contributed by atoms with Gasteiger partial charge in [0.2, 0.25) is 5.91 Å². The molecule has 4 heteroatoms. The number of carbonyl (C=O) groups is 1. The van der Waals surface area contributed by atoms with Gasteiger partial charge in [-0.15, -0.1) is 0 Å². The van der Waals surface area contributed by atoms with Gasteiger partial charge >= 0.3 is 0 Å². The van der Waals surface area contributed by atoms with Crippen LogP contribution in [0, 0.1) is 17.2 Å². The summed E-state index contributed by atoms with van der Waals surface area (Å²) in [6, 6.07) is 1.83. The average Bonchev–Trinajstić information content (AvgIpc) is 2.82. The van der Waals surface area contributed by atoms with Crippen molar-refractivity contribution >= 4 is 5.91 Å². The Morgan fingerprint density at radius 2 is 2.42 bits per heavy atom. The number of nitrogens with two attached hydrogens (primary N) is 1. The fraction of sp³-hybridized carbons (Fsp3) is 0.750. The topological polar surface area (TPSA) is 78.9 Å². The number of carbonyl (C=O) groups excluding carboxylic acids is 1. The molecule has 66 valence electrons. The Morgan fingerprint density at radius 3 is 2.92 bits per heavy atom. The molecule has 12 heavy (non-hydrogen) atoms. The normalized spacial score (nSPS) is 18.0. The van der Waals surface area contributed by atoms with Crippen LogP contribution in [-0.2, 0) is 4.79 Å². The highest BCUT2D eigenvalue weighted by Crippen LogP contribution is 2.32. The van der Waals surface area contributed by atoms with Gasteiger partial charge in [-0.2, -0.15) is 5.26 Å². The van der Waals surface area contributed by atoms with E-state index < -0.39 is 0 Å². The lowest BCUT2D eigenvalue weighted by molar-refractivity contribution is -0.121. The first-order valence-electron chi connectivity index (χ1n) is 4.13. The molecule has 0 aromatic heterocycles. The number of rotatable bonds is 4. The Hall–Kier alpha value is -1.08. The van der Waals surface area contributed by atoms with E-state index in [0.29, 0.717) is 12.3 Å². The van der Waals surface area contributed by atoms with Crippen LogP contribution in [0.4, 0.5) is 0 Å². The Balaban J connectivity index is 2.12. The molecule has 0 bridgehead atoms. The third-order valence-corrected chi connectivity index (χ3v) is 2.01. The van der Waals surface area contributed by atoms with Gasteiger partial charge in [-0.1, -0.05) is 0 Å². The maximum Gasteiger partial charge on any atom is 0.222 e. The minimum atomic E-state index is -0.115. The predicted octanol–water partition coefficient (Wildman–Crippen LogP) is -0.246. The molecule has 0 aromatic rings. The Labute approximate surface area is 71.7 Å². The highest BCUT2D eigenvalue weighted by molar-refractivity contribution is 5.76. The van der Waals surface area contributed by atoms with Gasteiger partial charge in [0.1, 0.15) is 6.54 Å². The van der Waals surface area contributed by atoms with Gasteiger partial charge in [-0.05, 0) is 18.8 Å². The van der Waals surface area contributed by atoms with Crippen LogP contribution in [0.5, 0.6) is 0 Å². The highest BCUT2D eigenvalue weighted by Gasteiger charge is 2.29. The van der Waals surface area contributed by atoms with E-state index in [1.165, 1.54) is 0 Å². The Kier molecular flexibility index (Phi) is 3.06. The molecule has 0 radical (unpaired) electrons. The summed E-state index contributed by atoms with van der Waals surface area (Å²) >= 11 is 0. The van der Waals surface area contributed by atoms with Crippen molar-refractivity contribution in [2.24, 2.45) is 11.7 Å². The molecule has 1 saturated carbocycles. The molecule has 3 N–H and O–H groups in total. The predicted molar refractivity (Wildman–Crippen MR) is 43.9 cm³/mol. The van der Waals surface area contributed by atoms with Gasteiger partial charge < -0.3 is 11.1 Å². The van der Waals surface area contributed by atoms with Crippen LogP contribution in [0.1, 0.15) is 19.3 Å². The smallest absolute Gasteiger partial charge is 0.222 e. The van der Waals surface area contributed by atoms with E-state index in [-0.39, 0.29) is 18.5 Å². The SMILES string of the molecule is N#CCNC(=O)CC(N)C1CC1. The zero-order valence-corrected chi connectivity index (χ0v) is 6.92. The molecule has 0 saturated heterocycles. The molecule has 0 heterocycles. The zero-order chi connectivity index (χ0) is 8.97. The number of nitriles is 1. The van der Waals surface area contributed by atoms with Crippen LogP contribution >= 0.6 is 0 Å². The first-order chi connectivity index (χ1) is 5.74. The first-order valence-corrected chi connectivity index (χ1v) is 4.13. The second kappa shape index (κ2) is 4.07. The average molecular weight is 167 g/mol. The van der Waals surface area contributed by atoms with Crippen LogP contribution in [0.3, 0.4) is 0 Å². The van der Waals surface area contributed by atoms with Gasteiger partial charge in [0, 0.05) is 12.5 Å². The summed E-state index contributed by atoms with van der Waals surface area (Å²) in [4.78, 5) is 11.0. The maximum atomic E-state index is 11.0. The minimum Gasteiger partial charge on any atom is -0.343 e. The molecule has 4 nitrogen and oxygen atoms in total. The zero-order valence-electron chi connectivity index (χ0n) is 6.92. The summed E-state index contributed by atoms with van der Waals surface area (Å²) in [7, 11) is 0. The van der Waals surface area contributed by atoms with Crippen molar-refractivity contribution in [3.05, 3.63) is 0 Å².